The van der Waals surface area contributed by atoms with Crippen LogP contribution in [0.5, 0.6) is 5.75 Å². The van der Waals surface area contributed by atoms with Gasteiger partial charge in [-0.2, -0.15) is 0 Å². The molecule has 214 valence electrons. The van der Waals surface area contributed by atoms with E-state index < -0.39 is 0 Å². The second-order valence-electron chi connectivity index (χ2n) is 11.1. The van der Waals surface area contributed by atoms with Crippen LogP contribution in [0.4, 0.5) is 15.9 Å². The fourth-order valence-corrected chi connectivity index (χ4v) is 6.03. The molecule has 2 aromatic heterocycles. The second-order valence-corrected chi connectivity index (χ2v) is 11.5. The summed E-state index contributed by atoms with van der Waals surface area (Å²) in [5.74, 6) is 0.867. The summed E-state index contributed by atoms with van der Waals surface area (Å²) >= 11 is 6.52. The van der Waals surface area contributed by atoms with Crippen LogP contribution >= 0.6 is 11.6 Å². The topological polar surface area (TPSA) is 81.0 Å². The Hall–Kier alpha value is -4.08. The fraction of sp³-hybridized carbons (Fsp3) is 0.312. The first kappa shape index (κ1) is 26.8. The van der Waals surface area contributed by atoms with Crippen LogP contribution in [0.1, 0.15) is 43.7 Å². The van der Waals surface area contributed by atoms with Crippen molar-refractivity contribution < 1.29 is 9.13 Å². The average Bonchev–Trinajstić information content (AvgIpc) is 3.47. The van der Waals surface area contributed by atoms with Crippen LogP contribution in [0.2, 0.25) is 5.02 Å². The lowest BCUT2D eigenvalue weighted by Crippen LogP contribution is -2.45. The maximum absolute atomic E-state index is 13.5. The number of benzene rings is 3. The van der Waals surface area contributed by atoms with Gasteiger partial charge in [0, 0.05) is 35.8 Å². The number of hydrogen-bond acceptors (Lipinski definition) is 7. The molecule has 2 aliphatic rings. The van der Waals surface area contributed by atoms with Gasteiger partial charge in [-0.25, -0.2) is 19.0 Å². The number of likely N-dealkylation sites (tertiary alicyclic amines) is 1. The molecule has 1 aliphatic heterocycles. The van der Waals surface area contributed by atoms with E-state index in [-0.39, 0.29) is 12.4 Å². The molecular weight excluding hydrogens is 553 g/mol. The van der Waals surface area contributed by atoms with E-state index >= 15 is 0 Å². The molecule has 8 nitrogen and oxygen atoms in total. The van der Waals surface area contributed by atoms with Gasteiger partial charge in [0.2, 0.25) is 0 Å². The Kier molecular flexibility index (Phi) is 7.44. The normalized spacial score (nSPS) is 16.4. The number of nitrogens with one attached hydrogen (secondary N) is 1. The highest BCUT2D eigenvalue weighted by atomic mass is 35.5. The minimum atomic E-state index is -0.300. The largest absolute Gasteiger partial charge is 0.487 e. The van der Waals surface area contributed by atoms with Crippen LogP contribution < -0.4 is 10.1 Å². The molecule has 3 heterocycles. The summed E-state index contributed by atoms with van der Waals surface area (Å²) in [5, 5.41) is 13.7. The molecule has 1 N–H and O–H groups in total. The Morgan fingerprint density at radius 2 is 1.83 bits per heavy atom. The van der Waals surface area contributed by atoms with Crippen molar-refractivity contribution in [1.82, 2.24) is 29.9 Å². The zero-order valence-electron chi connectivity index (χ0n) is 23.1. The molecule has 7 rings (SSSR count). The molecular formula is C32H31ClFN7O. The lowest BCUT2D eigenvalue weighted by molar-refractivity contribution is 0.0838. The van der Waals surface area contributed by atoms with Crippen LogP contribution in [0.15, 0.2) is 73.2 Å². The van der Waals surface area contributed by atoms with Gasteiger partial charge in [-0.3, -0.25) is 0 Å². The number of rotatable bonds is 8. The van der Waals surface area contributed by atoms with E-state index in [1.54, 1.807) is 24.3 Å². The lowest BCUT2D eigenvalue weighted by Gasteiger charge is -2.41. The Bertz CT molecular complexity index is 1710. The Morgan fingerprint density at radius 3 is 2.62 bits per heavy atom. The van der Waals surface area contributed by atoms with Crippen molar-refractivity contribution in [3.05, 3.63) is 89.6 Å². The predicted octanol–water partition coefficient (Wildman–Crippen LogP) is 7.19. The highest BCUT2D eigenvalue weighted by Gasteiger charge is 2.29. The molecule has 0 spiro atoms. The maximum atomic E-state index is 13.5. The monoisotopic (exact) mass is 583 g/mol. The summed E-state index contributed by atoms with van der Waals surface area (Å²) in [4.78, 5) is 11.6. The molecule has 2 fully saturated rings. The summed E-state index contributed by atoms with van der Waals surface area (Å²) in [7, 11) is 0. The van der Waals surface area contributed by atoms with Crippen LogP contribution in [0.3, 0.4) is 0 Å². The second kappa shape index (κ2) is 11.7. The van der Waals surface area contributed by atoms with Crippen LogP contribution in [0, 0.1) is 5.82 Å². The first-order valence-corrected chi connectivity index (χ1v) is 14.8. The lowest BCUT2D eigenvalue weighted by atomic mass is 9.89. The van der Waals surface area contributed by atoms with Crippen molar-refractivity contribution in [3.8, 4) is 17.0 Å². The molecule has 1 aliphatic carbocycles. The van der Waals surface area contributed by atoms with E-state index in [0.29, 0.717) is 22.6 Å². The number of halogens is 2. The van der Waals surface area contributed by atoms with Crippen molar-refractivity contribution in [3.63, 3.8) is 0 Å². The van der Waals surface area contributed by atoms with Gasteiger partial charge in [-0.05, 0) is 73.7 Å². The molecule has 0 radical (unpaired) electrons. The summed E-state index contributed by atoms with van der Waals surface area (Å²) < 4.78 is 21.3. The van der Waals surface area contributed by atoms with Crippen molar-refractivity contribution in [1.29, 1.82) is 0 Å². The first-order valence-electron chi connectivity index (χ1n) is 14.4. The van der Waals surface area contributed by atoms with Gasteiger partial charge in [0.25, 0.3) is 0 Å². The Labute approximate surface area is 248 Å². The number of ether oxygens (including phenoxy) is 1. The van der Waals surface area contributed by atoms with E-state index in [9.17, 15) is 4.39 Å². The van der Waals surface area contributed by atoms with Gasteiger partial charge in [0.15, 0.2) is 0 Å². The van der Waals surface area contributed by atoms with Crippen LogP contribution in [-0.2, 0) is 6.61 Å². The van der Waals surface area contributed by atoms with E-state index in [1.165, 1.54) is 37.7 Å². The van der Waals surface area contributed by atoms with Crippen molar-refractivity contribution >= 4 is 34.0 Å². The highest BCUT2D eigenvalue weighted by Crippen LogP contribution is 2.33. The van der Waals surface area contributed by atoms with Crippen LogP contribution in [-0.4, -0.2) is 49.0 Å². The van der Waals surface area contributed by atoms with E-state index in [4.69, 9.17) is 16.3 Å². The quantitative estimate of drug-likeness (QED) is 0.207. The SMILES string of the molecule is Fc1cccc(COc2ccc(Nc3ncnc4ccc(-c5cn(C6CCN(C7CCC7)CC6)nn5)cc34)cc2Cl)c1. The molecule has 0 bridgehead atoms. The number of hydrogen-bond donors (Lipinski definition) is 1. The fourth-order valence-electron chi connectivity index (χ4n) is 5.79. The number of nitrogens with zero attached hydrogens (tertiary/aromatic N) is 6. The van der Waals surface area contributed by atoms with Crippen molar-refractivity contribution in [2.45, 2.75) is 50.8 Å². The van der Waals surface area contributed by atoms with Gasteiger partial charge in [0.05, 0.1) is 22.8 Å². The number of fused-ring (bicyclic) bond motifs is 1. The smallest absolute Gasteiger partial charge is 0.141 e. The number of aromatic nitrogens is 5. The predicted molar refractivity (Wildman–Crippen MR) is 162 cm³/mol. The Balaban J connectivity index is 1.06. The first-order chi connectivity index (χ1) is 20.6. The van der Waals surface area contributed by atoms with Gasteiger partial charge >= 0.3 is 0 Å². The molecule has 0 atom stereocenters. The third-order valence-corrected chi connectivity index (χ3v) is 8.68. The maximum Gasteiger partial charge on any atom is 0.141 e. The van der Waals surface area contributed by atoms with Crippen molar-refractivity contribution in [2.24, 2.45) is 0 Å². The summed E-state index contributed by atoms with van der Waals surface area (Å²) in [5.41, 5.74) is 4.08. The molecule has 0 unspecified atom stereocenters. The van der Waals surface area contributed by atoms with Gasteiger partial charge < -0.3 is 15.0 Å². The Morgan fingerprint density at radius 1 is 0.952 bits per heavy atom. The molecule has 5 aromatic rings. The highest BCUT2D eigenvalue weighted by molar-refractivity contribution is 6.32. The van der Waals surface area contributed by atoms with E-state index in [0.717, 1.165) is 65.4 Å². The average molecular weight is 584 g/mol. The summed E-state index contributed by atoms with van der Waals surface area (Å²) in [6.45, 7) is 2.49. The van der Waals surface area contributed by atoms with Crippen molar-refractivity contribution in [2.75, 3.05) is 18.4 Å². The number of anilines is 2. The third-order valence-electron chi connectivity index (χ3n) is 8.38. The number of piperidine rings is 1. The van der Waals surface area contributed by atoms with Crippen LogP contribution in [0.25, 0.3) is 22.2 Å². The molecule has 10 heteroatoms. The molecule has 42 heavy (non-hydrogen) atoms. The summed E-state index contributed by atoms with van der Waals surface area (Å²) in [6, 6.07) is 19.0. The molecule has 1 saturated carbocycles. The van der Waals surface area contributed by atoms with Gasteiger partial charge in [0.1, 0.15) is 36.0 Å². The molecule has 3 aromatic carbocycles. The standard InChI is InChI=1S/C32H31ClFN7O/c33-28-17-24(8-10-31(28)42-19-21-3-1-4-23(34)15-21)37-32-27-16-22(7-9-29(27)35-20-36-32)30-18-41(39-38-30)26-11-13-40(14-12-26)25-5-2-6-25/h1,3-4,7-10,15-18,20,25-26H,2,5-6,11-14,19H2,(H,35,36,37). The third kappa shape index (κ3) is 5.67. The van der Waals surface area contributed by atoms with Gasteiger partial charge in [-0.15, -0.1) is 5.10 Å². The van der Waals surface area contributed by atoms with E-state index in [1.807, 2.05) is 28.9 Å². The minimum Gasteiger partial charge on any atom is -0.487 e. The van der Waals surface area contributed by atoms with E-state index in [2.05, 4.69) is 36.7 Å². The minimum absolute atomic E-state index is 0.216. The summed E-state index contributed by atoms with van der Waals surface area (Å²) in [6.07, 6.45) is 9.89. The molecule has 1 saturated heterocycles. The van der Waals surface area contributed by atoms with Gasteiger partial charge in [-0.1, -0.05) is 41.4 Å². The zero-order valence-corrected chi connectivity index (χ0v) is 23.8. The molecule has 0 amide bonds. The zero-order chi connectivity index (χ0) is 28.5.